The Morgan fingerprint density at radius 2 is 1.89 bits per heavy atom. The number of ether oxygens (including phenoxy) is 2. The predicted molar refractivity (Wildman–Crippen MR) is 75.4 cm³/mol. The lowest BCUT2D eigenvalue weighted by Gasteiger charge is -2.28. The summed E-state index contributed by atoms with van der Waals surface area (Å²) in [7, 11) is 3.21. The number of carbonyl (C=O) groups is 1. The minimum atomic E-state index is -0.287. The van der Waals surface area contributed by atoms with E-state index in [1.807, 2.05) is 39.0 Å². The maximum Gasteiger partial charge on any atom is 0.221 e. The van der Waals surface area contributed by atoms with E-state index in [-0.39, 0.29) is 17.2 Å². The van der Waals surface area contributed by atoms with Crippen molar-refractivity contribution in [3.05, 3.63) is 23.8 Å². The van der Waals surface area contributed by atoms with Gasteiger partial charge in [0.2, 0.25) is 5.91 Å². The molecule has 0 spiro atoms. The van der Waals surface area contributed by atoms with Gasteiger partial charge in [-0.2, -0.15) is 0 Å². The normalized spacial score (nSPS) is 12.9. The zero-order valence-corrected chi connectivity index (χ0v) is 12.3. The number of rotatable bonds is 5. The standard InChI is InChI=1S/C15H23NO3/c1-15(2,3)12(14(16)17)8-10-6-7-11(18-4)9-13(10)19-5/h6-7,9,12H,8H2,1-5H3,(H2,16,17). The minimum Gasteiger partial charge on any atom is -0.497 e. The molecule has 0 aliphatic carbocycles. The van der Waals surface area contributed by atoms with Gasteiger partial charge in [0, 0.05) is 12.0 Å². The van der Waals surface area contributed by atoms with Crippen LogP contribution in [-0.2, 0) is 11.2 Å². The molecule has 19 heavy (non-hydrogen) atoms. The average Bonchev–Trinajstić information content (AvgIpc) is 2.33. The number of carbonyl (C=O) groups excluding carboxylic acids is 1. The summed E-state index contributed by atoms with van der Waals surface area (Å²) in [5.74, 6) is 0.919. The molecule has 1 aromatic rings. The van der Waals surface area contributed by atoms with Gasteiger partial charge in [0.1, 0.15) is 11.5 Å². The van der Waals surface area contributed by atoms with E-state index in [0.29, 0.717) is 6.42 Å². The molecule has 0 saturated heterocycles. The maximum atomic E-state index is 11.6. The highest BCUT2D eigenvalue weighted by atomic mass is 16.5. The molecule has 0 fully saturated rings. The molecule has 2 N–H and O–H groups in total. The summed E-state index contributed by atoms with van der Waals surface area (Å²) in [5.41, 5.74) is 6.29. The van der Waals surface area contributed by atoms with E-state index in [9.17, 15) is 4.79 Å². The summed E-state index contributed by atoms with van der Waals surface area (Å²) in [6.45, 7) is 6.04. The fourth-order valence-electron chi connectivity index (χ4n) is 2.07. The summed E-state index contributed by atoms with van der Waals surface area (Å²) in [5, 5.41) is 0. The second-order valence-electron chi connectivity index (χ2n) is 5.70. The van der Waals surface area contributed by atoms with Crippen LogP contribution in [0.1, 0.15) is 26.3 Å². The second-order valence-corrected chi connectivity index (χ2v) is 5.70. The number of hydrogen-bond donors (Lipinski definition) is 1. The van der Waals surface area contributed by atoms with Crippen LogP contribution in [0.5, 0.6) is 11.5 Å². The van der Waals surface area contributed by atoms with Crippen molar-refractivity contribution in [2.75, 3.05) is 14.2 Å². The maximum absolute atomic E-state index is 11.6. The van der Waals surface area contributed by atoms with Gasteiger partial charge in [0.25, 0.3) is 0 Å². The van der Waals surface area contributed by atoms with E-state index in [4.69, 9.17) is 15.2 Å². The molecule has 1 aromatic carbocycles. The first-order chi connectivity index (χ1) is 8.79. The van der Waals surface area contributed by atoms with Crippen LogP contribution in [0.4, 0.5) is 0 Å². The molecule has 1 rings (SSSR count). The van der Waals surface area contributed by atoms with Crippen LogP contribution in [0.2, 0.25) is 0 Å². The number of methoxy groups -OCH3 is 2. The van der Waals surface area contributed by atoms with Crippen LogP contribution in [0.25, 0.3) is 0 Å². The highest BCUT2D eigenvalue weighted by Gasteiger charge is 2.30. The molecule has 0 bridgehead atoms. The summed E-state index contributed by atoms with van der Waals surface area (Å²) < 4.78 is 10.5. The smallest absolute Gasteiger partial charge is 0.221 e. The third-order valence-electron chi connectivity index (χ3n) is 3.31. The molecule has 1 amide bonds. The van der Waals surface area contributed by atoms with E-state index in [2.05, 4.69) is 0 Å². The third kappa shape index (κ3) is 3.88. The molecule has 0 aliphatic heterocycles. The van der Waals surface area contributed by atoms with Crippen LogP contribution in [0.15, 0.2) is 18.2 Å². The van der Waals surface area contributed by atoms with E-state index in [1.54, 1.807) is 14.2 Å². The van der Waals surface area contributed by atoms with Gasteiger partial charge in [-0.05, 0) is 23.5 Å². The van der Waals surface area contributed by atoms with E-state index >= 15 is 0 Å². The molecule has 0 saturated carbocycles. The second kappa shape index (κ2) is 5.95. The Morgan fingerprint density at radius 3 is 2.32 bits per heavy atom. The molecule has 4 heteroatoms. The topological polar surface area (TPSA) is 61.5 Å². The van der Waals surface area contributed by atoms with Crippen molar-refractivity contribution in [2.24, 2.45) is 17.1 Å². The van der Waals surface area contributed by atoms with Gasteiger partial charge < -0.3 is 15.2 Å². The molecule has 1 unspecified atom stereocenters. The van der Waals surface area contributed by atoms with Gasteiger partial charge >= 0.3 is 0 Å². The number of hydrogen-bond acceptors (Lipinski definition) is 3. The fraction of sp³-hybridized carbons (Fsp3) is 0.533. The monoisotopic (exact) mass is 265 g/mol. The van der Waals surface area contributed by atoms with Gasteiger partial charge in [0.05, 0.1) is 14.2 Å². The van der Waals surface area contributed by atoms with Gasteiger partial charge in [-0.25, -0.2) is 0 Å². The van der Waals surface area contributed by atoms with E-state index < -0.39 is 0 Å². The Morgan fingerprint density at radius 1 is 1.26 bits per heavy atom. The summed E-state index contributed by atoms with van der Waals surface area (Å²) in [4.78, 5) is 11.6. The molecule has 0 radical (unpaired) electrons. The fourth-order valence-corrected chi connectivity index (χ4v) is 2.07. The number of amides is 1. The number of nitrogens with two attached hydrogens (primary N) is 1. The first-order valence-electron chi connectivity index (χ1n) is 6.29. The summed E-state index contributed by atoms with van der Waals surface area (Å²) in [6.07, 6.45) is 0.562. The van der Waals surface area contributed by atoms with Crippen molar-refractivity contribution in [3.63, 3.8) is 0 Å². The largest absolute Gasteiger partial charge is 0.497 e. The van der Waals surface area contributed by atoms with E-state index in [0.717, 1.165) is 17.1 Å². The highest BCUT2D eigenvalue weighted by molar-refractivity contribution is 5.78. The predicted octanol–water partition coefficient (Wildman–Crippen LogP) is 2.39. The zero-order chi connectivity index (χ0) is 14.6. The lowest BCUT2D eigenvalue weighted by atomic mass is 9.76. The van der Waals surface area contributed by atoms with Crippen LogP contribution in [0.3, 0.4) is 0 Å². The molecular formula is C15H23NO3. The Bertz CT molecular complexity index is 449. The van der Waals surface area contributed by atoms with Gasteiger partial charge in [-0.1, -0.05) is 26.8 Å². The van der Waals surface area contributed by atoms with Crippen molar-refractivity contribution in [1.82, 2.24) is 0 Å². The summed E-state index contributed by atoms with van der Waals surface area (Å²) in [6, 6.07) is 5.59. The molecule has 1 atom stereocenters. The van der Waals surface area contributed by atoms with Crippen LogP contribution in [0, 0.1) is 11.3 Å². The van der Waals surface area contributed by atoms with Crippen LogP contribution < -0.4 is 15.2 Å². The van der Waals surface area contributed by atoms with Gasteiger partial charge in [-0.3, -0.25) is 4.79 Å². The lowest BCUT2D eigenvalue weighted by Crippen LogP contribution is -2.35. The van der Waals surface area contributed by atoms with Crippen molar-refractivity contribution in [1.29, 1.82) is 0 Å². The molecule has 106 valence electrons. The molecule has 4 nitrogen and oxygen atoms in total. The van der Waals surface area contributed by atoms with Crippen molar-refractivity contribution >= 4 is 5.91 Å². The Kier molecular flexibility index (Phi) is 4.81. The first kappa shape index (κ1) is 15.3. The Balaban J connectivity index is 3.06. The first-order valence-corrected chi connectivity index (χ1v) is 6.29. The highest BCUT2D eigenvalue weighted by Crippen LogP contribution is 2.33. The van der Waals surface area contributed by atoms with Crippen molar-refractivity contribution in [3.8, 4) is 11.5 Å². The Labute approximate surface area is 114 Å². The average molecular weight is 265 g/mol. The van der Waals surface area contributed by atoms with Crippen molar-refractivity contribution < 1.29 is 14.3 Å². The van der Waals surface area contributed by atoms with Crippen molar-refractivity contribution in [2.45, 2.75) is 27.2 Å². The molecule has 0 heterocycles. The molecule has 0 aliphatic rings. The van der Waals surface area contributed by atoms with Crippen LogP contribution in [-0.4, -0.2) is 20.1 Å². The molecular weight excluding hydrogens is 242 g/mol. The summed E-state index contributed by atoms with van der Waals surface area (Å²) >= 11 is 0. The Hall–Kier alpha value is -1.71. The minimum absolute atomic E-state index is 0.184. The lowest BCUT2D eigenvalue weighted by molar-refractivity contribution is -0.124. The quantitative estimate of drug-likeness (QED) is 0.889. The van der Waals surface area contributed by atoms with Crippen LogP contribution >= 0.6 is 0 Å². The van der Waals surface area contributed by atoms with E-state index in [1.165, 1.54) is 0 Å². The zero-order valence-electron chi connectivity index (χ0n) is 12.3. The van der Waals surface area contributed by atoms with Gasteiger partial charge in [0.15, 0.2) is 0 Å². The van der Waals surface area contributed by atoms with Gasteiger partial charge in [-0.15, -0.1) is 0 Å². The number of benzene rings is 1. The number of primary amides is 1. The SMILES string of the molecule is COc1ccc(CC(C(N)=O)C(C)(C)C)c(OC)c1. The molecule has 0 aromatic heterocycles. The third-order valence-corrected chi connectivity index (χ3v) is 3.31.